The van der Waals surface area contributed by atoms with Gasteiger partial charge >= 0.3 is 0 Å². The molecule has 32 heavy (non-hydrogen) atoms. The minimum absolute atomic E-state index is 0.135. The number of pyridine rings is 1. The molecule has 1 N–H and O–H groups in total. The van der Waals surface area contributed by atoms with Crippen LogP contribution in [-0.4, -0.2) is 37.8 Å². The Bertz CT molecular complexity index is 1470. The van der Waals surface area contributed by atoms with Crippen LogP contribution in [0.25, 0.3) is 26.8 Å². The second-order valence-corrected chi connectivity index (χ2v) is 9.42. The molecule has 0 saturated carbocycles. The molecule has 5 rings (SSSR count). The van der Waals surface area contributed by atoms with Crippen molar-refractivity contribution in [2.24, 2.45) is 0 Å². The Morgan fingerprint density at radius 2 is 2.03 bits per heavy atom. The second kappa shape index (κ2) is 8.40. The third-order valence-corrected chi connectivity index (χ3v) is 6.90. The van der Waals surface area contributed by atoms with E-state index < -0.39 is 0 Å². The fraction of sp³-hybridized carbons (Fsp3) is 0.217. The van der Waals surface area contributed by atoms with Crippen LogP contribution >= 0.6 is 23.1 Å². The Hall–Kier alpha value is -3.17. The number of ether oxygens (including phenoxy) is 1. The second-order valence-electron chi connectivity index (χ2n) is 7.45. The van der Waals surface area contributed by atoms with Crippen LogP contribution in [0.15, 0.2) is 47.6 Å². The molecule has 0 spiro atoms. The summed E-state index contributed by atoms with van der Waals surface area (Å²) in [5, 5.41) is 14.0. The van der Waals surface area contributed by atoms with Crippen LogP contribution < -0.4 is 10.1 Å². The van der Waals surface area contributed by atoms with Gasteiger partial charge in [-0.2, -0.15) is 0 Å². The van der Waals surface area contributed by atoms with Crippen LogP contribution in [0.3, 0.4) is 0 Å². The van der Waals surface area contributed by atoms with Crippen molar-refractivity contribution in [3.8, 4) is 5.75 Å². The van der Waals surface area contributed by atoms with E-state index in [0.717, 1.165) is 43.6 Å². The Labute approximate surface area is 192 Å². The largest absolute Gasteiger partial charge is 0.494 e. The van der Waals surface area contributed by atoms with Crippen LogP contribution in [0.2, 0.25) is 0 Å². The zero-order valence-corrected chi connectivity index (χ0v) is 19.5. The quantitative estimate of drug-likeness (QED) is 0.347. The minimum Gasteiger partial charge on any atom is -0.494 e. The van der Waals surface area contributed by atoms with E-state index in [0.29, 0.717) is 16.9 Å². The van der Waals surface area contributed by atoms with Crippen LogP contribution in [0, 0.1) is 13.8 Å². The smallest absolute Gasteiger partial charge is 0.236 e. The van der Waals surface area contributed by atoms with Gasteiger partial charge in [-0.3, -0.25) is 9.20 Å². The maximum Gasteiger partial charge on any atom is 0.236 e. The van der Waals surface area contributed by atoms with Crippen molar-refractivity contribution in [3.63, 3.8) is 0 Å². The van der Waals surface area contributed by atoms with Crippen LogP contribution in [0.4, 0.5) is 5.13 Å². The molecule has 0 unspecified atom stereocenters. The van der Waals surface area contributed by atoms with E-state index in [4.69, 9.17) is 4.74 Å². The molecular weight excluding hydrogens is 442 g/mol. The average molecular weight is 464 g/mol. The Balaban J connectivity index is 1.35. The lowest BCUT2D eigenvalue weighted by atomic mass is 10.1. The maximum absolute atomic E-state index is 12.6. The topological polar surface area (TPSA) is 81.4 Å². The molecule has 3 heterocycles. The number of rotatable bonds is 6. The van der Waals surface area contributed by atoms with Gasteiger partial charge in [0.05, 0.1) is 28.1 Å². The molecule has 1 amide bonds. The molecule has 0 aliphatic heterocycles. The highest BCUT2D eigenvalue weighted by Gasteiger charge is 2.15. The van der Waals surface area contributed by atoms with Gasteiger partial charge in [0, 0.05) is 0 Å². The number of benzene rings is 2. The molecule has 0 aliphatic rings. The van der Waals surface area contributed by atoms with Gasteiger partial charge in [-0.1, -0.05) is 35.2 Å². The van der Waals surface area contributed by atoms with Crippen molar-refractivity contribution in [1.29, 1.82) is 0 Å². The first-order valence-electron chi connectivity index (χ1n) is 10.2. The first kappa shape index (κ1) is 20.7. The third-order valence-electron chi connectivity index (χ3n) is 5.03. The number of hydrogen-bond donors (Lipinski definition) is 1. The van der Waals surface area contributed by atoms with E-state index in [-0.39, 0.29) is 11.7 Å². The average Bonchev–Trinajstić information content (AvgIpc) is 3.37. The number of nitrogens with zero attached hydrogens (tertiary/aromatic N) is 4. The number of carbonyl (C=O) groups is 1. The van der Waals surface area contributed by atoms with E-state index in [1.54, 1.807) is 0 Å². The lowest BCUT2D eigenvalue weighted by molar-refractivity contribution is -0.113. The normalized spacial score (nSPS) is 11.5. The number of aromatic nitrogens is 4. The Kier molecular flexibility index (Phi) is 5.44. The predicted octanol–water partition coefficient (Wildman–Crippen LogP) is 5.24. The number of hydrogen-bond acceptors (Lipinski definition) is 7. The van der Waals surface area contributed by atoms with Crippen molar-refractivity contribution in [3.05, 3.63) is 53.6 Å². The molecule has 0 aliphatic carbocycles. The molecule has 0 bridgehead atoms. The third kappa shape index (κ3) is 3.89. The van der Waals surface area contributed by atoms with Gasteiger partial charge in [0.15, 0.2) is 15.9 Å². The van der Waals surface area contributed by atoms with Gasteiger partial charge in [-0.25, -0.2) is 4.98 Å². The Morgan fingerprint density at radius 3 is 2.88 bits per heavy atom. The van der Waals surface area contributed by atoms with Crippen LogP contribution in [0.5, 0.6) is 5.75 Å². The van der Waals surface area contributed by atoms with Gasteiger partial charge in [-0.15, -0.1) is 10.2 Å². The zero-order valence-electron chi connectivity index (χ0n) is 17.9. The molecule has 2 aromatic carbocycles. The number of nitrogens with one attached hydrogen (secondary N) is 1. The van der Waals surface area contributed by atoms with Crippen LogP contribution in [-0.2, 0) is 4.79 Å². The van der Waals surface area contributed by atoms with Crippen molar-refractivity contribution in [1.82, 2.24) is 19.6 Å². The zero-order chi connectivity index (χ0) is 22.2. The molecule has 5 aromatic rings. The lowest BCUT2D eigenvalue weighted by Gasteiger charge is -2.08. The number of anilines is 1. The highest BCUT2D eigenvalue weighted by atomic mass is 32.2. The number of carbonyl (C=O) groups excluding carboxylic acids is 1. The van der Waals surface area contributed by atoms with Crippen molar-refractivity contribution >= 4 is 60.9 Å². The molecule has 9 heteroatoms. The highest BCUT2D eigenvalue weighted by Crippen LogP contribution is 2.30. The SMILES string of the molecule is CCOc1ccc2nc(NC(=O)CSc3nnc4c(C)cc5ccc(C)cc5n34)sc2c1. The minimum atomic E-state index is -0.135. The first-order valence-corrected chi connectivity index (χ1v) is 12.0. The summed E-state index contributed by atoms with van der Waals surface area (Å²) in [5.74, 6) is 0.875. The molecule has 0 saturated heterocycles. The molecule has 0 atom stereocenters. The highest BCUT2D eigenvalue weighted by molar-refractivity contribution is 7.99. The summed E-state index contributed by atoms with van der Waals surface area (Å²) < 4.78 is 8.54. The lowest BCUT2D eigenvalue weighted by Crippen LogP contribution is -2.14. The molecule has 162 valence electrons. The first-order chi connectivity index (χ1) is 15.5. The summed E-state index contributed by atoms with van der Waals surface area (Å²) >= 11 is 2.79. The van der Waals surface area contributed by atoms with Crippen molar-refractivity contribution in [2.45, 2.75) is 25.9 Å². The number of aryl methyl sites for hydroxylation is 2. The number of thiazole rings is 1. The van der Waals surface area contributed by atoms with Gasteiger partial charge < -0.3 is 10.1 Å². The Morgan fingerprint density at radius 1 is 1.16 bits per heavy atom. The van der Waals surface area contributed by atoms with E-state index >= 15 is 0 Å². The molecule has 3 aromatic heterocycles. The number of thioether (sulfide) groups is 1. The van der Waals surface area contributed by atoms with Crippen molar-refractivity contribution < 1.29 is 9.53 Å². The van der Waals surface area contributed by atoms with Gasteiger partial charge in [-0.05, 0) is 67.6 Å². The molecule has 0 fully saturated rings. The molecule has 7 nitrogen and oxygen atoms in total. The fourth-order valence-corrected chi connectivity index (χ4v) is 5.26. The fourth-order valence-electron chi connectivity index (χ4n) is 3.60. The van der Waals surface area contributed by atoms with Crippen molar-refractivity contribution in [2.75, 3.05) is 17.7 Å². The van der Waals surface area contributed by atoms with Gasteiger partial charge in [0.1, 0.15) is 5.75 Å². The summed E-state index contributed by atoms with van der Waals surface area (Å²) in [5.41, 5.74) is 4.89. The summed E-state index contributed by atoms with van der Waals surface area (Å²) in [6.07, 6.45) is 0. The van der Waals surface area contributed by atoms with Gasteiger partial charge in [0.2, 0.25) is 5.91 Å². The van der Waals surface area contributed by atoms with E-state index in [1.807, 2.05) is 36.4 Å². The van der Waals surface area contributed by atoms with E-state index in [1.165, 1.54) is 23.1 Å². The molecule has 0 radical (unpaired) electrons. The molecular formula is C23H21N5O2S2. The summed E-state index contributed by atoms with van der Waals surface area (Å²) in [4.78, 5) is 17.1. The standard InChI is InChI=1S/C23H21N5O2S2/c1-4-30-16-7-8-17-19(11-16)32-22(24-17)25-20(29)12-31-23-27-26-21-14(3)10-15-6-5-13(2)9-18(15)28(21)23/h5-11H,4,12H2,1-3H3,(H,24,25,29). The number of fused-ring (bicyclic) bond motifs is 4. The monoisotopic (exact) mass is 463 g/mol. The summed E-state index contributed by atoms with van der Waals surface area (Å²) in [7, 11) is 0. The number of amides is 1. The van der Waals surface area contributed by atoms with E-state index in [2.05, 4.69) is 51.7 Å². The predicted molar refractivity (Wildman–Crippen MR) is 130 cm³/mol. The van der Waals surface area contributed by atoms with Gasteiger partial charge in [0.25, 0.3) is 0 Å². The van der Waals surface area contributed by atoms with E-state index in [9.17, 15) is 4.79 Å². The maximum atomic E-state index is 12.6. The van der Waals surface area contributed by atoms with Crippen LogP contribution in [0.1, 0.15) is 18.1 Å². The summed E-state index contributed by atoms with van der Waals surface area (Å²) in [6, 6.07) is 14.2. The summed E-state index contributed by atoms with van der Waals surface area (Å²) in [6.45, 7) is 6.64.